The van der Waals surface area contributed by atoms with Gasteiger partial charge in [-0.15, -0.1) is 0 Å². The smallest absolute Gasteiger partial charge is 0.126 e. The van der Waals surface area contributed by atoms with E-state index in [-0.39, 0.29) is 0 Å². The molecule has 1 fully saturated rings. The quantitative estimate of drug-likeness (QED) is 0.845. The largest absolute Gasteiger partial charge is 0.366 e. The zero-order valence-corrected chi connectivity index (χ0v) is 11.5. The van der Waals surface area contributed by atoms with Crippen LogP contribution in [0.15, 0.2) is 18.3 Å². The average molecular weight is 235 g/mol. The Labute approximate surface area is 105 Å². The molecule has 1 aromatic heterocycles. The Morgan fingerprint density at radius 2 is 2.18 bits per heavy atom. The van der Waals surface area contributed by atoms with E-state index in [1.165, 1.54) is 12.0 Å². The van der Waals surface area contributed by atoms with Gasteiger partial charge in [-0.25, -0.2) is 4.98 Å². The number of hydrogen-bond donors (Lipinski definition) is 2. The minimum absolute atomic E-state index is 0.542. The zero-order chi connectivity index (χ0) is 12.7. The van der Waals surface area contributed by atoms with Gasteiger partial charge in [0.1, 0.15) is 5.82 Å². The second-order valence-corrected chi connectivity index (χ2v) is 4.46. The van der Waals surface area contributed by atoms with Gasteiger partial charge in [0.2, 0.25) is 0 Å². The van der Waals surface area contributed by atoms with E-state index in [4.69, 9.17) is 0 Å². The fourth-order valence-electron chi connectivity index (χ4n) is 1.87. The summed E-state index contributed by atoms with van der Waals surface area (Å²) in [7, 11) is 0. The van der Waals surface area contributed by atoms with Crippen molar-refractivity contribution in [2.45, 2.75) is 46.1 Å². The van der Waals surface area contributed by atoms with Gasteiger partial charge in [0.15, 0.2) is 0 Å². The summed E-state index contributed by atoms with van der Waals surface area (Å²) in [6, 6.07) is 4.78. The molecule has 3 nitrogen and oxygen atoms in total. The molecule has 1 saturated heterocycles. The predicted octanol–water partition coefficient (Wildman–Crippen LogP) is 3.01. The highest BCUT2D eigenvalue weighted by atomic mass is 15.1. The monoisotopic (exact) mass is 235 g/mol. The number of aromatic nitrogens is 1. The van der Waals surface area contributed by atoms with E-state index in [2.05, 4.69) is 41.6 Å². The van der Waals surface area contributed by atoms with E-state index >= 15 is 0 Å². The van der Waals surface area contributed by atoms with Crippen molar-refractivity contribution in [1.29, 1.82) is 0 Å². The van der Waals surface area contributed by atoms with Crippen LogP contribution in [0.1, 0.15) is 45.6 Å². The number of anilines is 1. The van der Waals surface area contributed by atoms with Crippen molar-refractivity contribution in [2.24, 2.45) is 0 Å². The Bertz CT molecular complexity index is 317. The summed E-state index contributed by atoms with van der Waals surface area (Å²) < 4.78 is 0. The molecule has 0 aliphatic carbocycles. The van der Waals surface area contributed by atoms with Crippen LogP contribution in [0.4, 0.5) is 5.82 Å². The van der Waals surface area contributed by atoms with Gasteiger partial charge in [0.05, 0.1) is 0 Å². The lowest BCUT2D eigenvalue weighted by Crippen LogP contribution is -2.22. The number of nitrogens with one attached hydrogen (secondary N) is 2. The van der Waals surface area contributed by atoms with E-state index in [1.807, 2.05) is 20.0 Å². The van der Waals surface area contributed by atoms with Crippen molar-refractivity contribution >= 4 is 5.82 Å². The summed E-state index contributed by atoms with van der Waals surface area (Å²) in [6.45, 7) is 10.6. The van der Waals surface area contributed by atoms with Gasteiger partial charge in [0.25, 0.3) is 0 Å². The van der Waals surface area contributed by atoms with Crippen LogP contribution in [0, 0.1) is 0 Å². The first-order valence-corrected chi connectivity index (χ1v) is 6.69. The van der Waals surface area contributed by atoms with Crippen LogP contribution in [-0.4, -0.2) is 24.1 Å². The van der Waals surface area contributed by atoms with Gasteiger partial charge < -0.3 is 10.6 Å². The fourth-order valence-corrected chi connectivity index (χ4v) is 1.87. The standard InChI is InChI=1S/C12H19N3.C2H6/c1-9(2)10-3-6-14-12(7-10)15-11-4-5-13-8-11;1-2/h3,6-7,9,11,13H,4-5,8H2,1-2H3,(H,14,15);1-2H3. The van der Waals surface area contributed by atoms with Crippen LogP contribution < -0.4 is 10.6 Å². The van der Waals surface area contributed by atoms with Crippen LogP contribution in [0.3, 0.4) is 0 Å². The van der Waals surface area contributed by atoms with Crippen molar-refractivity contribution in [1.82, 2.24) is 10.3 Å². The summed E-state index contributed by atoms with van der Waals surface area (Å²) in [5.41, 5.74) is 1.35. The molecule has 0 amide bonds. The third-order valence-corrected chi connectivity index (χ3v) is 2.86. The van der Waals surface area contributed by atoms with Gasteiger partial charge in [-0.05, 0) is 36.6 Å². The Morgan fingerprint density at radius 3 is 2.76 bits per heavy atom. The summed E-state index contributed by atoms with van der Waals surface area (Å²) in [4.78, 5) is 4.35. The molecule has 1 atom stereocenters. The van der Waals surface area contributed by atoms with E-state index in [9.17, 15) is 0 Å². The van der Waals surface area contributed by atoms with Gasteiger partial charge in [0, 0.05) is 18.8 Å². The van der Waals surface area contributed by atoms with Crippen LogP contribution in [0.5, 0.6) is 0 Å². The molecular weight excluding hydrogens is 210 g/mol. The van der Waals surface area contributed by atoms with Crippen LogP contribution in [-0.2, 0) is 0 Å². The first-order valence-electron chi connectivity index (χ1n) is 6.69. The minimum atomic E-state index is 0.542. The second-order valence-electron chi connectivity index (χ2n) is 4.46. The van der Waals surface area contributed by atoms with Crippen molar-refractivity contribution in [2.75, 3.05) is 18.4 Å². The Morgan fingerprint density at radius 1 is 1.41 bits per heavy atom. The molecule has 3 heteroatoms. The highest BCUT2D eigenvalue weighted by Crippen LogP contribution is 2.17. The van der Waals surface area contributed by atoms with Crippen molar-refractivity contribution < 1.29 is 0 Å². The molecule has 2 rings (SSSR count). The molecule has 1 aliphatic heterocycles. The topological polar surface area (TPSA) is 37.0 Å². The van der Waals surface area contributed by atoms with Gasteiger partial charge in [-0.1, -0.05) is 27.7 Å². The Kier molecular flexibility index (Phi) is 5.98. The summed E-state index contributed by atoms with van der Waals surface area (Å²) in [5, 5.41) is 6.80. The molecule has 1 aromatic rings. The van der Waals surface area contributed by atoms with Crippen molar-refractivity contribution in [3.63, 3.8) is 0 Å². The molecule has 0 bridgehead atoms. The SMILES string of the molecule is CC.CC(C)c1ccnc(NC2CCNC2)c1. The first kappa shape index (κ1) is 14.0. The molecule has 2 N–H and O–H groups in total. The van der Waals surface area contributed by atoms with E-state index in [1.54, 1.807) is 0 Å². The lowest BCUT2D eigenvalue weighted by molar-refractivity contribution is 0.785. The molecule has 1 unspecified atom stereocenters. The molecule has 0 radical (unpaired) electrons. The Hall–Kier alpha value is -1.09. The highest BCUT2D eigenvalue weighted by Gasteiger charge is 2.14. The molecule has 17 heavy (non-hydrogen) atoms. The lowest BCUT2D eigenvalue weighted by Gasteiger charge is -2.13. The predicted molar refractivity (Wildman–Crippen MR) is 74.6 cm³/mol. The van der Waals surface area contributed by atoms with Crippen LogP contribution in [0.2, 0.25) is 0 Å². The zero-order valence-electron chi connectivity index (χ0n) is 11.5. The number of hydrogen-bond acceptors (Lipinski definition) is 3. The lowest BCUT2D eigenvalue weighted by atomic mass is 10.1. The van der Waals surface area contributed by atoms with Gasteiger partial charge in [-0.3, -0.25) is 0 Å². The molecule has 2 heterocycles. The van der Waals surface area contributed by atoms with Gasteiger partial charge >= 0.3 is 0 Å². The molecular formula is C14H25N3. The third-order valence-electron chi connectivity index (χ3n) is 2.86. The molecule has 0 spiro atoms. The number of rotatable bonds is 3. The van der Waals surface area contributed by atoms with Crippen molar-refractivity contribution in [3.05, 3.63) is 23.9 Å². The van der Waals surface area contributed by atoms with E-state index in [0.29, 0.717) is 12.0 Å². The van der Waals surface area contributed by atoms with Gasteiger partial charge in [-0.2, -0.15) is 0 Å². The molecule has 1 aliphatic rings. The Balaban J connectivity index is 0.000000686. The summed E-state index contributed by atoms with van der Waals surface area (Å²) >= 11 is 0. The highest BCUT2D eigenvalue weighted by molar-refractivity contribution is 5.39. The van der Waals surface area contributed by atoms with Crippen molar-refractivity contribution in [3.8, 4) is 0 Å². The molecule has 0 aromatic carbocycles. The molecule has 0 saturated carbocycles. The third kappa shape index (κ3) is 4.35. The maximum Gasteiger partial charge on any atom is 0.126 e. The van der Waals surface area contributed by atoms with Crippen LogP contribution >= 0.6 is 0 Å². The minimum Gasteiger partial charge on any atom is -0.366 e. The first-order chi connectivity index (χ1) is 8.25. The maximum atomic E-state index is 4.35. The number of nitrogens with zero attached hydrogens (tertiary/aromatic N) is 1. The second kappa shape index (κ2) is 7.28. The summed E-state index contributed by atoms with van der Waals surface area (Å²) in [5.74, 6) is 1.57. The van der Waals surface area contributed by atoms with E-state index < -0.39 is 0 Å². The summed E-state index contributed by atoms with van der Waals surface area (Å²) in [6.07, 6.45) is 3.08. The van der Waals surface area contributed by atoms with Crippen LogP contribution in [0.25, 0.3) is 0 Å². The normalized spacial score (nSPS) is 18.8. The number of pyridine rings is 1. The van der Waals surface area contributed by atoms with E-state index in [0.717, 1.165) is 18.9 Å². The average Bonchev–Trinajstić information content (AvgIpc) is 2.85. The maximum absolute atomic E-state index is 4.35. The fraction of sp³-hybridized carbons (Fsp3) is 0.643. The molecule has 96 valence electrons.